The molecule has 0 amide bonds. The molecule has 0 aliphatic rings. The Balaban J connectivity index is 2.93. The summed E-state index contributed by atoms with van der Waals surface area (Å²) in [6.45, 7) is 12.5. The molecule has 0 bridgehead atoms. The summed E-state index contributed by atoms with van der Waals surface area (Å²) < 4.78 is 0. The Morgan fingerprint density at radius 1 is 1.06 bits per heavy atom. The Hall–Kier alpha value is -1.56. The first-order valence-corrected chi connectivity index (χ1v) is 5.61. The topological polar surface area (TPSA) is 0 Å². The van der Waals surface area contributed by atoms with E-state index in [0.717, 1.165) is 5.57 Å². The quantitative estimate of drug-likeness (QED) is 0.629. The van der Waals surface area contributed by atoms with Gasteiger partial charge in [0.1, 0.15) is 0 Å². The van der Waals surface area contributed by atoms with Gasteiger partial charge in [-0.15, -0.1) is 0 Å². The minimum Gasteiger partial charge on any atom is -0.0912 e. The highest BCUT2D eigenvalue weighted by Crippen LogP contribution is 2.18. The van der Waals surface area contributed by atoms with Gasteiger partial charge in [0.15, 0.2) is 0 Å². The second kappa shape index (κ2) is 5.50. The van der Waals surface area contributed by atoms with E-state index in [0.29, 0.717) is 0 Å². The van der Waals surface area contributed by atoms with E-state index in [2.05, 4.69) is 63.8 Å². The van der Waals surface area contributed by atoms with Crippen LogP contribution in [0.1, 0.15) is 30.5 Å². The predicted molar refractivity (Wildman–Crippen MR) is 73.5 cm³/mol. The maximum Gasteiger partial charge on any atom is -0.0185 e. The molecule has 0 heteroatoms. The van der Waals surface area contributed by atoms with Gasteiger partial charge in [0.25, 0.3) is 0 Å². The lowest BCUT2D eigenvalue weighted by Crippen LogP contribution is -1.84. The van der Waals surface area contributed by atoms with Crippen LogP contribution < -0.4 is 0 Å². The minimum atomic E-state index is 1.06. The molecule has 0 aromatic heterocycles. The van der Waals surface area contributed by atoms with Crippen molar-refractivity contribution in [3.8, 4) is 0 Å². The Morgan fingerprint density at radius 2 is 1.62 bits per heavy atom. The zero-order valence-electron chi connectivity index (χ0n) is 10.7. The van der Waals surface area contributed by atoms with Crippen molar-refractivity contribution >= 4 is 5.57 Å². The van der Waals surface area contributed by atoms with Gasteiger partial charge in [0.2, 0.25) is 0 Å². The van der Waals surface area contributed by atoms with Gasteiger partial charge in [0, 0.05) is 0 Å². The van der Waals surface area contributed by atoms with E-state index >= 15 is 0 Å². The minimum absolute atomic E-state index is 1.06. The average molecular weight is 212 g/mol. The van der Waals surface area contributed by atoms with Crippen molar-refractivity contribution in [3.63, 3.8) is 0 Å². The number of benzene rings is 1. The fourth-order valence-corrected chi connectivity index (χ4v) is 1.58. The van der Waals surface area contributed by atoms with Crippen molar-refractivity contribution < 1.29 is 0 Å². The van der Waals surface area contributed by atoms with Gasteiger partial charge in [0.05, 0.1) is 0 Å². The molecule has 0 spiro atoms. The molecule has 0 saturated carbocycles. The number of allylic oxidation sites excluding steroid dienone is 5. The van der Waals surface area contributed by atoms with Gasteiger partial charge in [-0.1, -0.05) is 59.7 Å². The molecule has 1 aromatic rings. The van der Waals surface area contributed by atoms with Gasteiger partial charge >= 0.3 is 0 Å². The summed E-state index contributed by atoms with van der Waals surface area (Å²) in [7, 11) is 0. The normalized spacial score (nSPS) is 12.1. The van der Waals surface area contributed by atoms with E-state index in [4.69, 9.17) is 0 Å². The molecule has 0 nitrogen and oxygen atoms in total. The molecule has 0 aliphatic heterocycles. The van der Waals surface area contributed by atoms with Crippen LogP contribution in [-0.2, 0) is 0 Å². The van der Waals surface area contributed by atoms with Crippen LogP contribution in [0.4, 0.5) is 0 Å². The van der Waals surface area contributed by atoms with E-state index in [1.165, 1.54) is 22.3 Å². The SMILES string of the molecule is C=C(/C=C\C(C)=C/C)c1cc(C)cc(C)c1. The second-order valence-electron chi connectivity index (χ2n) is 4.27. The fourth-order valence-electron chi connectivity index (χ4n) is 1.58. The van der Waals surface area contributed by atoms with Crippen LogP contribution in [0.25, 0.3) is 5.57 Å². The lowest BCUT2D eigenvalue weighted by molar-refractivity contribution is 1.37. The molecular weight excluding hydrogens is 192 g/mol. The summed E-state index contributed by atoms with van der Waals surface area (Å²) in [4.78, 5) is 0. The molecule has 1 aromatic carbocycles. The van der Waals surface area contributed by atoms with Crippen molar-refractivity contribution in [1.29, 1.82) is 0 Å². The maximum atomic E-state index is 4.10. The summed E-state index contributed by atoms with van der Waals surface area (Å²) in [6.07, 6.45) is 6.26. The van der Waals surface area contributed by atoms with Gasteiger partial charge in [-0.3, -0.25) is 0 Å². The third-order valence-electron chi connectivity index (χ3n) is 2.60. The van der Waals surface area contributed by atoms with Crippen LogP contribution >= 0.6 is 0 Å². The Bertz CT molecular complexity index is 425. The van der Waals surface area contributed by atoms with Crippen LogP contribution in [0.3, 0.4) is 0 Å². The van der Waals surface area contributed by atoms with Gasteiger partial charge < -0.3 is 0 Å². The summed E-state index contributed by atoms with van der Waals surface area (Å²) in [6, 6.07) is 6.52. The maximum absolute atomic E-state index is 4.10. The molecule has 0 heterocycles. The molecule has 0 unspecified atom stereocenters. The van der Waals surface area contributed by atoms with Gasteiger partial charge in [-0.2, -0.15) is 0 Å². The van der Waals surface area contributed by atoms with Crippen molar-refractivity contribution in [2.75, 3.05) is 0 Å². The smallest absolute Gasteiger partial charge is 0.0185 e. The molecule has 16 heavy (non-hydrogen) atoms. The Kier molecular flexibility index (Phi) is 4.30. The van der Waals surface area contributed by atoms with Gasteiger partial charge in [-0.25, -0.2) is 0 Å². The molecule has 0 fully saturated rings. The van der Waals surface area contributed by atoms with Crippen LogP contribution in [0.2, 0.25) is 0 Å². The van der Waals surface area contributed by atoms with Crippen LogP contribution in [-0.4, -0.2) is 0 Å². The number of hydrogen-bond acceptors (Lipinski definition) is 0. The molecule has 0 atom stereocenters. The second-order valence-corrected chi connectivity index (χ2v) is 4.27. The summed E-state index contributed by atoms with van der Waals surface area (Å²) in [5, 5.41) is 0. The van der Waals surface area contributed by atoms with Crippen molar-refractivity contribution in [1.82, 2.24) is 0 Å². The predicted octanol–water partition coefficient (Wildman–Crippen LogP) is 4.84. The third kappa shape index (κ3) is 3.54. The van der Waals surface area contributed by atoms with E-state index in [9.17, 15) is 0 Å². The lowest BCUT2D eigenvalue weighted by Gasteiger charge is -2.04. The molecule has 0 saturated heterocycles. The third-order valence-corrected chi connectivity index (χ3v) is 2.60. The zero-order chi connectivity index (χ0) is 12.1. The van der Waals surface area contributed by atoms with E-state index in [1.807, 2.05) is 6.92 Å². The highest BCUT2D eigenvalue weighted by atomic mass is 14.0. The fraction of sp³-hybridized carbons (Fsp3) is 0.250. The van der Waals surface area contributed by atoms with Crippen LogP contribution in [0.15, 0.2) is 48.6 Å². The number of rotatable bonds is 3. The molecule has 0 aliphatic carbocycles. The first kappa shape index (κ1) is 12.5. The number of hydrogen-bond donors (Lipinski definition) is 0. The zero-order valence-corrected chi connectivity index (χ0v) is 10.7. The highest BCUT2D eigenvalue weighted by molar-refractivity contribution is 5.73. The van der Waals surface area contributed by atoms with Gasteiger partial charge in [-0.05, 0) is 38.8 Å². The van der Waals surface area contributed by atoms with Crippen molar-refractivity contribution in [2.45, 2.75) is 27.7 Å². The summed E-state index contributed by atoms with van der Waals surface area (Å²) >= 11 is 0. The van der Waals surface area contributed by atoms with Crippen LogP contribution in [0, 0.1) is 13.8 Å². The highest BCUT2D eigenvalue weighted by Gasteiger charge is 1.97. The Morgan fingerprint density at radius 3 is 2.12 bits per heavy atom. The molecule has 1 rings (SSSR count). The Labute approximate surface area is 99.0 Å². The number of aryl methyl sites for hydroxylation is 2. The van der Waals surface area contributed by atoms with E-state index in [-0.39, 0.29) is 0 Å². The standard InChI is InChI=1S/C16H20/c1-6-12(2)7-8-15(5)16-10-13(3)9-14(4)11-16/h6-11H,5H2,1-4H3/b8-7-,12-6-. The monoisotopic (exact) mass is 212 g/mol. The first-order chi connectivity index (χ1) is 7.52. The van der Waals surface area contributed by atoms with Crippen molar-refractivity contribution in [3.05, 3.63) is 65.3 Å². The summed E-state index contributed by atoms with van der Waals surface area (Å²) in [5.41, 5.74) is 6.09. The molecular formula is C16H20. The molecule has 0 radical (unpaired) electrons. The van der Waals surface area contributed by atoms with Crippen LogP contribution in [0.5, 0.6) is 0 Å². The summed E-state index contributed by atoms with van der Waals surface area (Å²) in [5.74, 6) is 0. The van der Waals surface area contributed by atoms with E-state index in [1.54, 1.807) is 0 Å². The first-order valence-electron chi connectivity index (χ1n) is 5.61. The molecule has 84 valence electrons. The lowest BCUT2D eigenvalue weighted by atomic mass is 10.0. The average Bonchev–Trinajstić information content (AvgIpc) is 2.23. The van der Waals surface area contributed by atoms with E-state index < -0.39 is 0 Å². The molecule has 0 N–H and O–H groups in total. The van der Waals surface area contributed by atoms with Crippen molar-refractivity contribution in [2.24, 2.45) is 0 Å². The largest absolute Gasteiger partial charge is 0.0912 e.